The van der Waals surface area contributed by atoms with E-state index in [9.17, 15) is 0 Å². The Morgan fingerprint density at radius 3 is 1.47 bits per heavy atom. The Morgan fingerprint density at radius 2 is 1.27 bits per heavy atom. The molecule has 0 bridgehead atoms. The highest BCUT2D eigenvalue weighted by molar-refractivity contribution is 6.67. The highest BCUT2D eigenvalue weighted by atomic mass is 28.4. The van der Waals surface area contributed by atoms with Gasteiger partial charge >= 0.3 is 8.56 Å². The fraction of sp³-hybridized carbons (Fsp3) is 1.00. The Balaban J connectivity index is 4.59. The van der Waals surface area contributed by atoms with Crippen molar-refractivity contribution in [2.75, 3.05) is 0 Å². The normalized spacial score (nSPS) is 13.2. The summed E-state index contributed by atoms with van der Waals surface area (Å²) in [6.07, 6.45) is 0.545. The fourth-order valence-corrected chi connectivity index (χ4v) is 5.75. The summed E-state index contributed by atoms with van der Waals surface area (Å²) >= 11 is 0. The van der Waals surface area contributed by atoms with Crippen LogP contribution < -0.4 is 0 Å². The zero-order valence-electron chi connectivity index (χ0n) is 11.5. The van der Waals surface area contributed by atoms with Gasteiger partial charge in [0, 0.05) is 12.2 Å². The first kappa shape index (κ1) is 15.1. The van der Waals surface area contributed by atoms with Crippen molar-refractivity contribution in [1.82, 2.24) is 0 Å². The molecule has 0 unspecified atom stereocenters. The summed E-state index contributed by atoms with van der Waals surface area (Å²) in [6, 6.07) is 2.14. The van der Waals surface area contributed by atoms with Crippen molar-refractivity contribution in [3.05, 3.63) is 0 Å². The van der Waals surface area contributed by atoms with Gasteiger partial charge in [-0.2, -0.15) is 0 Å². The predicted octanol–water partition coefficient (Wildman–Crippen LogP) is 3.95. The third-order valence-corrected chi connectivity index (χ3v) is 6.48. The number of rotatable bonds is 7. The summed E-state index contributed by atoms with van der Waals surface area (Å²) in [5, 5.41) is 0. The molecule has 0 saturated carbocycles. The van der Waals surface area contributed by atoms with Crippen LogP contribution in [0, 0.1) is 5.92 Å². The summed E-state index contributed by atoms with van der Waals surface area (Å²) in [4.78, 5) is 0. The maximum atomic E-state index is 6.13. The van der Waals surface area contributed by atoms with Gasteiger partial charge in [-0.05, 0) is 45.7 Å². The summed E-state index contributed by atoms with van der Waals surface area (Å²) in [5.74, 6) is 0.647. The highest BCUT2D eigenvalue weighted by Crippen LogP contribution is 2.26. The largest absolute Gasteiger partial charge is 0.392 e. The minimum Gasteiger partial charge on any atom is -0.392 e. The van der Waals surface area contributed by atoms with E-state index in [1.807, 2.05) is 0 Å². The average molecular weight is 232 g/mol. The van der Waals surface area contributed by atoms with Gasteiger partial charge in [-0.3, -0.25) is 0 Å². The third-order valence-electron chi connectivity index (χ3n) is 2.16. The lowest BCUT2D eigenvalue weighted by Crippen LogP contribution is -2.46. The van der Waals surface area contributed by atoms with Crippen molar-refractivity contribution in [3.63, 3.8) is 0 Å². The molecule has 0 heterocycles. The SMILES string of the molecule is CC[Si](CC(C)C)(OC(C)C)OC(C)C. The standard InChI is InChI=1S/C12H28O2Si/c1-8-15(9-10(2)3,13-11(4)5)14-12(6)7/h10-12H,8-9H2,1-7H3. The molecule has 0 aromatic carbocycles. The Kier molecular flexibility index (Phi) is 6.72. The van der Waals surface area contributed by atoms with Crippen LogP contribution in [-0.2, 0) is 8.85 Å². The van der Waals surface area contributed by atoms with Gasteiger partial charge in [0.1, 0.15) is 0 Å². The molecular weight excluding hydrogens is 204 g/mol. The van der Waals surface area contributed by atoms with Gasteiger partial charge in [0.2, 0.25) is 0 Å². The molecule has 0 aromatic rings. The molecular formula is C12H28O2Si. The molecule has 0 fully saturated rings. The lowest BCUT2D eigenvalue weighted by Gasteiger charge is -2.34. The van der Waals surface area contributed by atoms with E-state index in [1.54, 1.807) is 0 Å². The van der Waals surface area contributed by atoms with Gasteiger partial charge < -0.3 is 8.85 Å². The van der Waals surface area contributed by atoms with Gasteiger partial charge in [-0.25, -0.2) is 0 Å². The second-order valence-electron chi connectivity index (χ2n) is 5.20. The smallest absolute Gasteiger partial charge is 0.338 e. The third kappa shape index (κ3) is 6.33. The van der Waals surface area contributed by atoms with E-state index in [4.69, 9.17) is 8.85 Å². The fourth-order valence-electron chi connectivity index (χ4n) is 1.92. The maximum absolute atomic E-state index is 6.13. The van der Waals surface area contributed by atoms with Crippen LogP contribution in [0.1, 0.15) is 48.5 Å². The second kappa shape index (κ2) is 6.66. The van der Waals surface area contributed by atoms with Gasteiger partial charge in [0.05, 0.1) is 0 Å². The predicted molar refractivity (Wildman–Crippen MR) is 68.3 cm³/mol. The first-order valence-corrected chi connectivity index (χ1v) is 8.40. The maximum Gasteiger partial charge on any atom is 0.338 e. The zero-order chi connectivity index (χ0) is 12.1. The molecule has 0 radical (unpaired) electrons. The number of hydrogen-bond donors (Lipinski definition) is 0. The van der Waals surface area contributed by atoms with Crippen LogP contribution in [0.4, 0.5) is 0 Å². The van der Waals surface area contributed by atoms with E-state index in [0.29, 0.717) is 5.92 Å². The molecule has 0 aliphatic rings. The summed E-state index contributed by atoms with van der Waals surface area (Å²) in [5.41, 5.74) is 0. The molecule has 0 aromatic heterocycles. The Labute approximate surface area is 96.6 Å². The minimum absolute atomic E-state index is 0.272. The van der Waals surface area contributed by atoms with E-state index in [2.05, 4.69) is 48.5 Å². The van der Waals surface area contributed by atoms with Crippen molar-refractivity contribution >= 4 is 8.56 Å². The van der Waals surface area contributed by atoms with E-state index >= 15 is 0 Å². The summed E-state index contributed by atoms with van der Waals surface area (Å²) in [6.45, 7) is 15.1. The molecule has 15 heavy (non-hydrogen) atoms. The van der Waals surface area contributed by atoms with Crippen molar-refractivity contribution < 1.29 is 8.85 Å². The van der Waals surface area contributed by atoms with E-state index in [-0.39, 0.29) is 12.2 Å². The first-order valence-electron chi connectivity index (χ1n) is 6.17. The molecule has 2 nitrogen and oxygen atoms in total. The van der Waals surface area contributed by atoms with Gasteiger partial charge in [-0.15, -0.1) is 0 Å². The van der Waals surface area contributed by atoms with E-state index in [1.165, 1.54) is 0 Å². The molecule has 0 amide bonds. The topological polar surface area (TPSA) is 18.5 Å². The molecule has 0 atom stereocenters. The summed E-state index contributed by atoms with van der Waals surface area (Å²) < 4.78 is 12.3. The molecule has 0 aliphatic heterocycles. The monoisotopic (exact) mass is 232 g/mol. The Bertz CT molecular complexity index is 140. The Morgan fingerprint density at radius 1 is 0.867 bits per heavy atom. The minimum atomic E-state index is -1.96. The lowest BCUT2D eigenvalue weighted by atomic mass is 10.3. The van der Waals surface area contributed by atoms with E-state index < -0.39 is 8.56 Å². The molecule has 0 spiro atoms. The van der Waals surface area contributed by atoms with Crippen LogP contribution >= 0.6 is 0 Å². The first-order chi connectivity index (χ1) is 6.81. The van der Waals surface area contributed by atoms with Crippen LogP contribution in [0.25, 0.3) is 0 Å². The molecule has 3 heteroatoms. The molecule has 0 rings (SSSR count). The van der Waals surface area contributed by atoms with Gasteiger partial charge in [0.25, 0.3) is 0 Å². The lowest BCUT2D eigenvalue weighted by molar-refractivity contribution is 0.102. The van der Waals surface area contributed by atoms with Gasteiger partial charge in [-0.1, -0.05) is 20.8 Å². The van der Waals surface area contributed by atoms with Crippen molar-refractivity contribution in [1.29, 1.82) is 0 Å². The van der Waals surface area contributed by atoms with Crippen LogP contribution in [0.2, 0.25) is 12.1 Å². The van der Waals surface area contributed by atoms with Crippen LogP contribution in [-0.4, -0.2) is 20.8 Å². The summed E-state index contributed by atoms with van der Waals surface area (Å²) in [7, 11) is -1.96. The molecule has 0 aliphatic carbocycles. The molecule has 0 saturated heterocycles. The molecule has 92 valence electrons. The van der Waals surface area contributed by atoms with Crippen LogP contribution in [0.5, 0.6) is 0 Å². The van der Waals surface area contributed by atoms with Crippen molar-refractivity contribution in [3.8, 4) is 0 Å². The van der Waals surface area contributed by atoms with Crippen LogP contribution in [0.3, 0.4) is 0 Å². The highest BCUT2D eigenvalue weighted by Gasteiger charge is 2.38. The Hall–Kier alpha value is 0.137. The van der Waals surface area contributed by atoms with Crippen molar-refractivity contribution in [2.45, 2.75) is 72.8 Å². The van der Waals surface area contributed by atoms with Crippen molar-refractivity contribution in [2.24, 2.45) is 5.92 Å². The van der Waals surface area contributed by atoms with E-state index in [0.717, 1.165) is 12.1 Å². The second-order valence-corrected chi connectivity index (χ2v) is 8.60. The van der Waals surface area contributed by atoms with Gasteiger partial charge in [0.15, 0.2) is 0 Å². The zero-order valence-corrected chi connectivity index (χ0v) is 12.5. The quantitative estimate of drug-likeness (QED) is 0.619. The van der Waals surface area contributed by atoms with Crippen LogP contribution in [0.15, 0.2) is 0 Å². The average Bonchev–Trinajstić information content (AvgIpc) is 1.99. The molecule has 0 N–H and O–H groups in total. The number of hydrogen-bond acceptors (Lipinski definition) is 2.